The molecule has 2 N–H and O–H groups in total. The fraction of sp³-hybridized carbons (Fsp3) is 0.304. The van der Waals surface area contributed by atoms with Crippen LogP contribution in [0.15, 0.2) is 54.6 Å². The van der Waals surface area contributed by atoms with Gasteiger partial charge in [-0.3, -0.25) is 24.1 Å². The van der Waals surface area contributed by atoms with Crippen molar-refractivity contribution in [2.24, 2.45) is 0 Å². The van der Waals surface area contributed by atoms with Crippen LogP contribution in [0.1, 0.15) is 45.5 Å². The first kappa shape index (κ1) is 21.2. The highest BCUT2D eigenvalue weighted by atomic mass is 16.2. The Balaban J connectivity index is 1.27. The van der Waals surface area contributed by atoms with Crippen molar-refractivity contribution < 1.29 is 19.2 Å². The summed E-state index contributed by atoms with van der Waals surface area (Å²) in [7, 11) is 0. The summed E-state index contributed by atoms with van der Waals surface area (Å²) in [5.74, 6) is -0.854. The first-order chi connectivity index (χ1) is 14.6. The molecular formula is C23H25N3O4. The van der Waals surface area contributed by atoms with Crippen molar-refractivity contribution >= 4 is 23.6 Å². The molecule has 0 spiro atoms. The van der Waals surface area contributed by atoms with Gasteiger partial charge in [-0.25, -0.2) is 0 Å². The minimum atomic E-state index is -0.311. The van der Waals surface area contributed by atoms with Crippen LogP contribution in [0, 0.1) is 0 Å². The molecule has 1 heterocycles. The molecule has 30 heavy (non-hydrogen) atoms. The lowest BCUT2D eigenvalue weighted by Crippen LogP contribution is -2.35. The molecule has 0 radical (unpaired) electrons. The van der Waals surface area contributed by atoms with Gasteiger partial charge in [0.15, 0.2) is 0 Å². The van der Waals surface area contributed by atoms with Crippen LogP contribution in [0.25, 0.3) is 0 Å². The van der Waals surface area contributed by atoms with Gasteiger partial charge in [0.2, 0.25) is 11.8 Å². The van der Waals surface area contributed by atoms with Gasteiger partial charge in [-0.2, -0.15) is 0 Å². The van der Waals surface area contributed by atoms with Gasteiger partial charge >= 0.3 is 0 Å². The van der Waals surface area contributed by atoms with Crippen LogP contribution in [0.2, 0.25) is 0 Å². The molecule has 7 nitrogen and oxygen atoms in total. The van der Waals surface area contributed by atoms with Gasteiger partial charge in [-0.05, 0) is 30.5 Å². The van der Waals surface area contributed by atoms with Gasteiger partial charge in [0.1, 0.15) is 0 Å². The SMILES string of the molecule is O=C(CCCN1C(=O)c2ccccc2C1=O)NCCNC(=O)CCc1ccccc1. The van der Waals surface area contributed by atoms with Crippen molar-refractivity contribution in [1.29, 1.82) is 0 Å². The second kappa shape index (κ2) is 10.3. The Morgan fingerprint density at radius 1 is 0.733 bits per heavy atom. The molecule has 3 rings (SSSR count). The van der Waals surface area contributed by atoms with Gasteiger partial charge in [0, 0.05) is 32.5 Å². The molecule has 2 aromatic rings. The zero-order valence-electron chi connectivity index (χ0n) is 16.7. The van der Waals surface area contributed by atoms with Crippen molar-refractivity contribution in [3.05, 3.63) is 71.3 Å². The number of carbonyl (C=O) groups excluding carboxylic acids is 4. The molecule has 2 aromatic carbocycles. The average Bonchev–Trinajstić information content (AvgIpc) is 3.01. The van der Waals surface area contributed by atoms with E-state index in [9.17, 15) is 19.2 Å². The molecule has 0 bridgehead atoms. The van der Waals surface area contributed by atoms with E-state index in [0.717, 1.165) is 5.56 Å². The highest BCUT2D eigenvalue weighted by Crippen LogP contribution is 2.22. The smallest absolute Gasteiger partial charge is 0.261 e. The highest BCUT2D eigenvalue weighted by molar-refractivity contribution is 6.21. The number of aryl methyl sites for hydroxylation is 1. The number of hydrogen-bond donors (Lipinski definition) is 2. The number of carbonyl (C=O) groups is 4. The Hall–Kier alpha value is -3.48. The molecule has 0 atom stereocenters. The zero-order valence-corrected chi connectivity index (χ0v) is 16.7. The van der Waals surface area contributed by atoms with Gasteiger partial charge < -0.3 is 10.6 Å². The van der Waals surface area contributed by atoms with Crippen molar-refractivity contribution in [3.63, 3.8) is 0 Å². The van der Waals surface area contributed by atoms with Crippen molar-refractivity contribution in [1.82, 2.24) is 15.5 Å². The zero-order chi connectivity index (χ0) is 21.3. The quantitative estimate of drug-likeness (QED) is 0.465. The fourth-order valence-corrected chi connectivity index (χ4v) is 3.32. The largest absolute Gasteiger partial charge is 0.354 e. The number of nitrogens with one attached hydrogen (secondary N) is 2. The maximum absolute atomic E-state index is 12.3. The van der Waals surface area contributed by atoms with Crippen LogP contribution in [0.3, 0.4) is 0 Å². The summed E-state index contributed by atoms with van der Waals surface area (Å²) in [6.07, 6.45) is 1.67. The van der Waals surface area contributed by atoms with E-state index in [2.05, 4.69) is 10.6 Å². The third-order valence-electron chi connectivity index (χ3n) is 4.92. The van der Waals surface area contributed by atoms with E-state index in [1.807, 2.05) is 30.3 Å². The number of amides is 4. The van der Waals surface area contributed by atoms with Crippen LogP contribution in [0.5, 0.6) is 0 Å². The first-order valence-corrected chi connectivity index (χ1v) is 10.1. The van der Waals surface area contributed by atoms with E-state index in [1.165, 1.54) is 4.90 Å². The summed E-state index contributed by atoms with van der Waals surface area (Å²) in [6.45, 7) is 0.899. The lowest BCUT2D eigenvalue weighted by Gasteiger charge is -2.13. The molecule has 1 aliphatic heterocycles. The molecule has 156 valence electrons. The summed E-state index contributed by atoms with van der Waals surface area (Å²) in [4.78, 5) is 49.5. The summed E-state index contributed by atoms with van der Waals surface area (Å²) < 4.78 is 0. The monoisotopic (exact) mass is 407 g/mol. The molecule has 0 aliphatic carbocycles. The number of hydrogen-bond acceptors (Lipinski definition) is 4. The highest BCUT2D eigenvalue weighted by Gasteiger charge is 2.34. The summed E-state index contributed by atoms with van der Waals surface area (Å²) >= 11 is 0. The van der Waals surface area contributed by atoms with Crippen molar-refractivity contribution in [2.45, 2.75) is 25.7 Å². The van der Waals surface area contributed by atoms with E-state index >= 15 is 0 Å². The molecule has 0 saturated heterocycles. The molecule has 1 aliphatic rings. The molecular weight excluding hydrogens is 382 g/mol. The molecule has 0 fully saturated rings. The summed E-state index contributed by atoms with van der Waals surface area (Å²) in [5.41, 5.74) is 1.93. The average molecular weight is 407 g/mol. The Morgan fingerprint density at radius 3 is 1.87 bits per heavy atom. The Labute approximate surface area is 175 Å². The van der Waals surface area contributed by atoms with E-state index < -0.39 is 0 Å². The van der Waals surface area contributed by atoms with Crippen LogP contribution in [0.4, 0.5) is 0 Å². The predicted octanol–water partition coefficient (Wildman–Crippen LogP) is 1.93. The third kappa shape index (κ3) is 5.53. The van der Waals surface area contributed by atoms with E-state index in [4.69, 9.17) is 0 Å². The molecule has 0 unspecified atom stereocenters. The summed E-state index contributed by atoms with van der Waals surface area (Å²) in [6, 6.07) is 16.5. The van der Waals surface area contributed by atoms with Gasteiger partial charge in [0.05, 0.1) is 11.1 Å². The number of fused-ring (bicyclic) bond motifs is 1. The molecule has 0 aromatic heterocycles. The van der Waals surface area contributed by atoms with Crippen molar-refractivity contribution in [3.8, 4) is 0 Å². The number of nitrogens with zero attached hydrogens (tertiary/aromatic N) is 1. The van der Waals surface area contributed by atoms with Gasteiger partial charge in [-0.15, -0.1) is 0 Å². The van der Waals surface area contributed by atoms with Crippen LogP contribution in [-0.2, 0) is 16.0 Å². The lowest BCUT2D eigenvalue weighted by atomic mass is 10.1. The van der Waals surface area contributed by atoms with Gasteiger partial charge in [0.25, 0.3) is 11.8 Å². The Morgan fingerprint density at radius 2 is 1.27 bits per heavy atom. The standard InChI is InChI=1S/C23H25N3O4/c27-20(24-14-15-25-21(28)13-12-17-7-2-1-3-8-17)11-6-16-26-22(29)18-9-4-5-10-19(18)23(26)30/h1-5,7-10H,6,11-16H2,(H,24,27)(H,25,28). The lowest BCUT2D eigenvalue weighted by molar-refractivity contribution is -0.122. The maximum atomic E-state index is 12.3. The fourth-order valence-electron chi connectivity index (χ4n) is 3.32. The first-order valence-electron chi connectivity index (χ1n) is 10.1. The Bertz CT molecular complexity index is 892. The number of rotatable bonds is 10. The minimum Gasteiger partial charge on any atom is -0.354 e. The maximum Gasteiger partial charge on any atom is 0.261 e. The number of benzene rings is 2. The Kier molecular flexibility index (Phi) is 7.32. The third-order valence-corrected chi connectivity index (χ3v) is 4.92. The van der Waals surface area contributed by atoms with E-state index in [-0.39, 0.29) is 36.6 Å². The van der Waals surface area contributed by atoms with Gasteiger partial charge in [-0.1, -0.05) is 42.5 Å². The van der Waals surface area contributed by atoms with E-state index in [0.29, 0.717) is 43.5 Å². The minimum absolute atomic E-state index is 0.0567. The van der Waals surface area contributed by atoms with Crippen LogP contribution < -0.4 is 10.6 Å². The van der Waals surface area contributed by atoms with Crippen LogP contribution >= 0.6 is 0 Å². The predicted molar refractivity (Wildman–Crippen MR) is 112 cm³/mol. The molecule has 7 heteroatoms. The summed E-state index contributed by atoms with van der Waals surface area (Å²) in [5, 5.41) is 5.51. The number of imide groups is 1. The van der Waals surface area contributed by atoms with E-state index in [1.54, 1.807) is 24.3 Å². The van der Waals surface area contributed by atoms with Crippen LogP contribution in [-0.4, -0.2) is 48.2 Å². The van der Waals surface area contributed by atoms with Crippen molar-refractivity contribution in [2.75, 3.05) is 19.6 Å². The molecule has 0 saturated carbocycles. The second-order valence-electron chi connectivity index (χ2n) is 7.10. The molecule has 4 amide bonds. The normalized spacial score (nSPS) is 12.6. The second-order valence-corrected chi connectivity index (χ2v) is 7.10. The topological polar surface area (TPSA) is 95.6 Å².